The lowest BCUT2D eigenvalue weighted by molar-refractivity contribution is 1.06. The summed E-state index contributed by atoms with van der Waals surface area (Å²) in [6, 6.07) is 80.9. The minimum atomic E-state index is 0.587. The fraction of sp³-hybridized carbons (Fsp3) is 0.0597. The Bertz CT molecular complexity index is 4070. The third-order valence-corrected chi connectivity index (χ3v) is 14.3. The lowest BCUT2D eigenvalue weighted by atomic mass is 9.95. The molecule has 0 aliphatic heterocycles. The minimum absolute atomic E-state index is 0.587. The second-order valence-corrected chi connectivity index (χ2v) is 19.1. The van der Waals surface area contributed by atoms with Crippen molar-refractivity contribution in [3.63, 3.8) is 0 Å². The lowest BCUT2D eigenvalue weighted by Crippen LogP contribution is -2.04. The van der Waals surface area contributed by atoms with Crippen molar-refractivity contribution in [2.45, 2.75) is 27.7 Å². The fourth-order valence-corrected chi connectivity index (χ4v) is 11.0. The number of nitrogens with zero attached hydrogens (tertiary/aromatic N) is 5. The summed E-state index contributed by atoms with van der Waals surface area (Å²) in [6.07, 6.45) is 0. The Kier molecular flexibility index (Phi) is 10.3. The number of para-hydroxylation sites is 3. The van der Waals surface area contributed by atoms with Crippen molar-refractivity contribution >= 4 is 43.6 Å². The molecule has 342 valence electrons. The van der Waals surface area contributed by atoms with Crippen LogP contribution in [0.1, 0.15) is 22.3 Å². The van der Waals surface area contributed by atoms with Crippen molar-refractivity contribution in [1.29, 1.82) is 0 Å². The molecule has 0 fully saturated rings. The van der Waals surface area contributed by atoms with Gasteiger partial charge in [0.15, 0.2) is 17.5 Å². The van der Waals surface area contributed by atoms with E-state index < -0.39 is 0 Å². The van der Waals surface area contributed by atoms with Crippen molar-refractivity contribution in [3.05, 3.63) is 247 Å². The van der Waals surface area contributed by atoms with Gasteiger partial charge in [-0.1, -0.05) is 181 Å². The number of benzene rings is 10. The fourth-order valence-electron chi connectivity index (χ4n) is 11.0. The number of aryl methyl sites for hydroxylation is 4. The van der Waals surface area contributed by atoms with Crippen LogP contribution in [0.4, 0.5) is 0 Å². The summed E-state index contributed by atoms with van der Waals surface area (Å²) in [6.45, 7) is 8.74. The van der Waals surface area contributed by atoms with Gasteiger partial charge in [0.25, 0.3) is 0 Å². The van der Waals surface area contributed by atoms with Gasteiger partial charge in [0.2, 0.25) is 0 Å². The van der Waals surface area contributed by atoms with Crippen molar-refractivity contribution in [2.75, 3.05) is 0 Å². The monoisotopic (exact) mass is 923 g/mol. The van der Waals surface area contributed by atoms with Gasteiger partial charge in [0.05, 0.1) is 27.8 Å². The van der Waals surface area contributed by atoms with Crippen LogP contribution in [-0.2, 0) is 0 Å². The zero-order valence-electron chi connectivity index (χ0n) is 40.6. The summed E-state index contributed by atoms with van der Waals surface area (Å²) in [7, 11) is 0. The summed E-state index contributed by atoms with van der Waals surface area (Å²) >= 11 is 0. The van der Waals surface area contributed by atoms with Gasteiger partial charge in [-0.15, -0.1) is 0 Å². The van der Waals surface area contributed by atoms with E-state index in [-0.39, 0.29) is 0 Å². The number of rotatable bonds is 8. The van der Waals surface area contributed by atoms with Crippen LogP contribution < -0.4 is 0 Å². The van der Waals surface area contributed by atoms with Crippen molar-refractivity contribution in [1.82, 2.24) is 24.1 Å². The highest BCUT2D eigenvalue weighted by Gasteiger charge is 2.23. The maximum atomic E-state index is 5.43. The number of fused-ring (bicyclic) bond motifs is 6. The normalized spacial score (nSPS) is 11.6. The molecule has 0 saturated heterocycles. The molecule has 0 aliphatic carbocycles. The molecule has 3 aromatic heterocycles. The SMILES string of the molecule is Cc1ccc(-c2ccc3c(c2)c2cc(-c4ccc(C)cc4C)ccc2n3-c2ccc(-c3cccc4c5ccccc5n(-c5ccccc5)c34)cc2-c2nc(-c3ccccc3)nc(-c3ccccc3)n2)c(C)c1. The molecule has 3 heterocycles. The van der Waals surface area contributed by atoms with Crippen LogP contribution in [0.2, 0.25) is 0 Å². The van der Waals surface area contributed by atoms with Gasteiger partial charge < -0.3 is 9.13 Å². The summed E-state index contributed by atoms with van der Waals surface area (Å²) in [4.78, 5) is 16.0. The molecular formula is C67H49N5. The first-order chi connectivity index (χ1) is 35.3. The zero-order chi connectivity index (χ0) is 48.5. The Morgan fingerprint density at radius 1 is 0.292 bits per heavy atom. The van der Waals surface area contributed by atoms with Crippen molar-refractivity contribution in [2.24, 2.45) is 0 Å². The highest BCUT2D eigenvalue weighted by molar-refractivity contribution is 6.15. The molecule has 0 N–H and O–H groups in total. The summed E-state index contributed by atoms with van der Waals surface area (Å²) in [5.41, 5.74) is 21.3. The Morgan fingerprint density at radius 3 is 1.36 bits per heavy atom. The summed E-state index contributed by atoms with van der Waals surface area (Å²) in [5, 5.41) is 4.74. The van der Waals surface area contributed by atoms with Gasteiger partial charge in [-0.05, 0) is 121 Å². The maximum Gasteiger partial charge on any atom is 0.166 e. The number of hydrogen-bond acceptors (Lipinski definition) is 3. The standard InChI is InChI=1S/C67H49N5/c1-42-27-32-52(44(3)37-42)48-29-34-61-57(39-48)58-40-49(53-33-28-43(2)38-45(53)4)30-35-62(58)72(61)63-36-31-50(54-24-16-25-56-55-23-14-15-26-60(55)71(64(54)56)51-21-12-7-13-22-51)41-59(63)67-69-65(46-17-8-5-9-18-46)68-66(70-67)47-19-10-6-11-20-47/h5-41H,1-4H3. The van der Waals surface area contributed by atoms with E-state index in [1.165, 1.54) is 66.1 Å². The van der Waals surface area contributed by atoms with Crippen LogP contribution in [0.15, 0.2) is 224 Å². The van der Waals surface area contributed by atoms with E-state index in [2.05, 4.69) is 225 Å². The van der Waals surface area contributed by atoms with E-state index in [0.717, 1.165) is 61.3 Å². The Hall–Kier alpha value is -9.19. The molecule has 5 heteroatoms. The molecule has 0 saturated carbocycles. The first-order valence-electron chi connectivity index (χ1n) is 24.7. The van der Waals surface area contributed by atoms with Crippen molar-refractivity contribution in [3.8, 4) is 78.9 Å². The van der Waals surface area contributed by atoms with Crippen molar-refractivity contribution < 1.29 is 0 Å². The molecule has 10 aromatic carbocycles. The van der Waals surface area contributed by atoms with E-state index in [4.69, 9.17) is 15.0 Å². The second kappa shape index (κ2) is 17.3. The van der Waals surface area contributed by atoms with Gasteiger partial charge in [-0.25, -0.2) is 15.0 Å². The van der Waals surface area contributed by atoms with Crippen LogP contribution in [-0.4, -0.2) is 24.1 Å². The Balaban J connectivity index is 1.13. The largest absolute Gasteiger partial charge is 0.309 e. The van der Waals surface area contributed by atoms with Gasteiger partial charge in [-0.2, -0.15) is 0 Å². The average Bonchev–Trinajstić information content (AvgIpc) is 3.94. The van der Waals surface area contributed by atoms with E-state index >= 15 is 0 Å². The van der Waals surface area contributed by atoms with Crippen LogP contribution >= 0.6 is 0 Å². The molecule has 0 unspecified atom stereocenters. The molecule has 0 atom stereocenters. The Morgan fingerprint density at radius 2 is 0.778 bits per heavy atom. The summed E-state index contributed by atoms with van der Waals surface area (Å²) in [5.74, 6) is 1.81. The van der Waals surface area contributed by atoms with E-state index in [9.17, 15) is 0 Å². The van der Waals surface area contributed by atoms with Crippen LogP contribution in [0.3, 0.4) is 0 Å². The molecule has 0 aliphatic rings. The van der Waals surface area contributed by atoms with E-state index in [1.807, 2.05) is 36.4 Å². The van der Waals surface area contributed by atoms with E-state index in [1.54, 1.807) is 0 Å². The molecule has 0 bridgehead atoms. The Labute approximate surface area is 419 Å². The molecule has 5 nitrogen and oxygen atoms in total. The third-order valence-electron chi connectivity index (χ3n) is 14.3. The second-order valence-electron chi connectivity index (χ2n) is 19.1. The molecule has 0 amide bonds. The topological polar surface area (TPSA) is 48.5 Å². The third kappa shape index (κ3) is 7.28. The maximum absolute atomic E-state index is 5.43. The van der Waals surface area contributed by atoms with Crippen LogP contribution in [0, 0.1) is 27.7 Å². The molecule has 0 spiro atoms. The highest BCUT2D eigenvalue weighted by atomic mass is 15.1. The number of hydrogen-bond donors (Lipinski definition) is 0. The molecular weight excluding hydrogens is 875 g/mol. The smallest absolute Gasteiger partial charge is 0.166 e. The quantitative estimate of drug-likeness (QED) is 0.153. The molecule has 13 aromatic rings. The van der Waals surface area contributed by atoms with Gasteiger partial charge in [-0.3, -0.25) is 0 Å². The van der Waals surface area contributed by atoms with Gasteiger partial charge in [0, 0.05) is 49.5 Å². The van der Waals surface area contributed by atoms with Gasteiger partial charge in [0.1, 0.15) is 0 Å². The lowest BCUT2D eigenvalue weighted by Gasteiger charge is -2.17. The minimum Gasteiger partial charge on any atom is -0.309 e. The summed E-state index contributed by atoms with van der Waals surface area (Å²) < 4.78 is 4.84. The predicted molar refractivity (Wildman–Crippen MR) is 300 cm³/mol. The molecule has 13 rings (SSSR count). The zero-order valence-corrected chi connectivity index (χ0v) is 40.6. The first-order valence-corrected chi connectivity index (χ1v) is 24.7. The van der Waals surface area contributed by atoms with Crippen LogP contribution in [0.5, 0.6) is 0 Å². The number of aromatic nitrogens is 5. The average molecular weight is 924 g/mol. The first kappa shape index (κ1) is 42.9. The highest BCUT2D eigenvalue weighted by Crippen LogP contribution is 2.44. The molecule has 0 radical (unpaired) electrons. The van der Waals surface area contributed by atoms with Gasteiger partial charge >= 0.3 is 0 Å². The molecule has 72 heavy (non-hydrogen) atoms. The van der Waals surface area contributed by atoms with E-state index in [0.29, 0.717) is 17.5 Å². The van der Waals surface area contributed by atoms with Crippen LogP contribution in [0.25, 0.3) is 123 Å². The predicted octanol–water partition coefficient (Wildman–Crippen LogP) is 17.3.